The number of carbonyl (C=O) groups is 4. The number of hydrogen-bond acceptors (Lipinski definition) is 5. The van der Waals surface area contributed by atoms with Crippen LogP contribution in [0.1, 0.15) is 56.2 Å². The minimum Gasteiger partial charge on any atom is -0.451 e. The van der Waals surface area contributed by atoms with E-state index in [0.717, 1.165) is 40.9 Å². The van der Waals surface area contributed by atoms with Crippen molar-refractivity contribution in [3.05, 3.63) is 28.8 Å². The van der Waals surface area contributed by atoms with Crippen molar-refractivity contribution in [1.29, 1.82) is 0 Å². The number of aryl methyl sites for hydroxylation is 3. The van der Waals surface area contributed by atoms with Crippen LogP contribution >= 0.6 is 0 Å². The Hall–Kier alpha value is -2.90. The molecule has 1 spiro atoms. The lowest BCUT2D eigenvalue weighted by molar-refractivity contribution is -0.155. The van der Waals surface area contributed by atoms with Gasteiger partial charge in [-0.1, -0.05) is 37.5 Å². The van der Waals surface area contributed by atoms with Crippen LogP contribution in [-0.4, -0.2) is 46.9 Å². The van der Waals surface area contributed by atoms with E-state index >= 15 is 0 Å². The molecule has 1 heterocycles. The summed E-state index contributed by atoms with van der Waals surface area (Å²) in [6.07, 6.45) is 2.21. The van der Waals surface area contributed by atoms with Crippen molar-refractivity contribution in [2.75, 3.05) is 11.9 Å². The molecule has 2 N–H and O–H groups in total. The molecule has 1 aliphatic carbocycles. The number of rotatable bonds is 5. The van der Waals surface area contributed by atoms with Crippen molar-refractivity contribution < 1.29 is 23.9 Å². The summed E-state index contributed by atoms with van der Waals surface area (Å²) in [4.78, 5) is 51.2. The molecule has 4 amide bonds. The molecule has 1 aliphatic heterocycles. The van der Waals surface area contributed by atoms with Gasteiger partial charge in [-0.25, -0.2) is 4.79 Å². The first-order chi connectivity index (χ1) is 14.5. The SMILES string of the molecule is Cc1cc(C)c(NC(=O)[C@@H](C)OC(=O)CN2C(=O)N[C@]3(CCCC[C@@H]3C)C2=O)c(C)c1. The van der Waals surface area contributed by atoms with Crippen LogP contribution in [0.2, 0.25) is 0 Å². The van der Waals surface area contributed by atoms with Crippen molar-refractivity contribution in [2.45, 2.75) is 71.9 Å². The molecule has 1 aromatic carbocycles. The molecule has 31 heavy (non-hydrogen) atoms. The van der Waals surface area contributed by atoms with Gasteiger partial charge in [-0.3, -0.25) is 19.3 Å². The standard InChI is InChI=1S/C23H31N3O5/c1-13-10-14(2)19(15(3)11-13)24-20(28)17(5)31-18(27)12-26-21(29)23(25-22(26)30)9-7-6-8-16(23)4/h10-11,16-17H,6-9,12H2,1-5H3,(H,24,28)(H,25,30)/t16-,17+,23-/m0/s1. The summed E-state index contributed by atoms with van der Waals surface area (Å²) in [7, 11) is 0. The van der Waals surface area contributed by atoms with Crippen LogP contribution in [0.25, 0.3) is 0 Å². The van der Waals surface area contributed by atoms with E-state index in [1.165, 1.54) is 6.92 Å². The second kappa shape index (κ2) is 8.69. The Kier molecular flexibility index (Phi) is 6.38. The van der Waals surface area contributed by atoms with Crippen molar-refractivity contribution in [3.8, 4) is 0 Å². The monoisotopic (exact) mass is 429 g/mol. The van der Waals surface area contributed by atoms with E-state index in [4.69, 9.17) is 4.74 Å². The van der Waals surface area contributed by atoms with Gasteiger partial charge in [0.2, 0.25) is 0 Å². The number of ether oxygens (including phenoxy) is 1. The molecule has 1 aromatic rings. The lowest BCUT2D eigenvalue weighted by Crippen LogP contribution is -2.54. The van der Waals surface area contributed by atoms with Gasteiger partial charge < -0.3 is 15.4 Å². The second-order valence-electron chi connectivity index (χ2n) is 8.83. The van der Waals surface area contributed by atoms with Crippen molar-refractivity contribution in [1.82, 2.24) is 10.2 Å². The summed E-state index contributed by atoms with van der Waals surface area (Å²) in [6, 6.07) is 3.33. The summed E-state index contributed by atoms with van der Waals surface area (Å²) in [6.45, 7) is 8.66. The first-order valence-electron chi connectivity index (χ1n) is 10.8. The molecule has 1 saturated heterocycles. The number of benzene rings is 1. The number of hydrogen-bond donors (Lipinski definition) is 2. The Bertz CT molecular complexity index is 905. The Morgan fingerprint density at radius 2 is 1.87 bits per heavy atom. The third-order valence-electron chi connectivity index (χ3n) is 6.39. The number of carbonyl (C=O) groups excluding carboxylic acids is 4. The molecular formula is C23H31N3O5. The number of nitrogens with one attached hydrogen (secondary N) is 2. The smallest absolute Gasteiger partial charge is 0.327 e. The van der Waals surface area contributed by atoms with E-state index in [9.17, 15) is 19.2 Å². The molecule has 0 bridgehead atoms. The minimum atomic E-state index is -1.07. The van der Waals surface area contributed by atoms with Crippen molar-refractivity contribution in [3.63, 3.8) is 0 Å². The molecule has 2 aliphatic rings. The highest BCUT2D eigenvalue weighted by Gasteiger charge is 2.55. The summed E-state index contributed by atoms with van der Waals surface area (Å²) in [5.74, 6) is -1.66. The third-order valence-corrected chi connectivity index (χ3v) is 6.39. The number of imide groups is 1. The van der Waals surface area contributed by atoms with E-state index < -0.39 is 36.1 Å². The lowest BCUT2D eigenvalue weighted by atomic mass is 9.73. The highest BCUT2D eigenvalue weighted by molar-refractivity contribution is 6.09. The number of nitrogens with zero attached hydrogens (tertiary/aromatic N) is 1. The minimum absolute atomic E-state index is 0.00408. The van der Waals surface area contributed by atoms with Gasteiger partial charge in [0.15, 0.2) is 6.10 Å². The van der Waals surface area contributed by atoms with Crippen LogP contribution in [0.3, 0.4) is 0 Å². The average molecular weight is 430 g/mol. The van der Waals surface area contributed by atoms with Crippen LogP contribution in [-0.2, 0) is 19.1 Å². The van der Waals surface area contributed by atoms with Gasteiger partial charge in [0.25, 0.3) is 11.8 Å². The maximum atomic E-state index is 13.0. The van der Waals surface area contributed by atoms with E-state index in [2.05, 4.69) is 10.6 Å². The fourth-order valence-electron chi connectivity index (χ4n) is 4.66. The zero-order valence-corrected chi connectivity index (χ0v) is 18.8. The predicted octanol–water partition coefficient (Wildman–Crippen LogP) is 2.98. The number of esters is 1. The molecule has 2 fully saturated rings. The average Bonchev–Trinajstić information content (AvgIpc) is 2.91. The maximum absolute atomic E-state index is 13.0. The Balaban J connectivity index is 1.61. The van der Waals surface area contributed by atoms with Gasteiger partial charge in [0, 0.05) is 5.69 Å². The van der Waals surface area contributed by atoms with Gasteiger partial charge in [-0.15, -0.1) is 0 Å². The van der Waals surface area contributed by atoms with Crippen molar-refractivity contribution in [2.24, 2.45) is 5.92 Å². The lowest BCUT2D eigenvalue weighted by Gasteiger charge is -2.36. The van der Waals surface area contributed by atoms with Crippen LogP contribution in [0.15, 0.2) is 12.1 Å². The van der Waals surface area contributed by atoms with Crippen LogP contribution < -0.4 is 10.6 Å². The van der Waals surface area contributed by atoms with E-state index in [0.29, 0.717) is 12.1 Å². The molecule has 3 rings (SSSR count). The quantitative estimate of drug-likeness (QED) is 0.553. The van der Waals surface area contributed by atoms with Gasteiger partial charge >= 0.3 is 12.0 Å². The highest BCUT2D eigenvalue weighted by Crippen LogP contribution is 2.38. The predicted molar refractivity (Wildman–Crippen MR) is 115 cm³/mol. The summed E-state index contributed by atoms with van der Waals surface area (Å²) < 4.78 is 5.22. The third kappa shape index (κ3) is 4.43. The molecule has 168 valence electrons. The normalized spacial score (nSPS) is 24.2. The zero-order chi connectivity index (χ0) is 22.9. The zero-order valence-electron chi connectivity index (χ0n) is 18.8. The van der Waals surface area contributed by atoms with Gasteiger partial charge in [0.05, 0.1) is 0 Å². The van der Waals surface area contributed by atoms with E-state index in [1.54, 1.807) is 0 Å². The highest BCUT2D eigenvalue weighted by atomic mass is 16.5. The number of urea groups is 1. The van der Waals surface area contributed by atoms with E-state index in [-0.39, 0.29) is 11.8 Å². The van der Waals surface area contributed by atoms with Crippen LogP contribution in [0.4, 0.5) is 10.5 Å². The summed E-state index contributed by atoms with van der Waals surface area (Å²) >= 11 is 0. The molecule has 8 nitrogen and oxygen atoms in total. The largest absolute Gasteiger partial charge is 0.451 e. The van der Waals surface area contributed by atoms with Crippen LogP contribution in [0.5, 0.6) is 0 Å². The summed E-state index contributed by atoms with van der Waals surface area (Å²) in [5, 5.41) is 5.60. The summed E-state index contributed by atoms with van der Waals surface area (Å²) in [5.41, 5.74) is 2.66. The molecular weight excluding hydrogens is 398 g/mol. The molecule has 3 atom stereocenters. The van der Waals surface area contributed by atoms with Crippen molar-refractivity contribution >= 4 is 29.5 Å². The second-order valence-corrected chi connectivity index (χ2v) is 8.83. The van der Waals surface area contributed by atoms with E-state index in [1.807, 2.05) is 39.8 Å². The fraction of sp³-hybridized carbons (Fsp3) is 0.565. The van der Waals surface area contributed by atoms with Crippen LogP contribution in [0, 0.1) is 26.7 Å². The van der Waals surface area contributed by atoms with Gasteiger partial charge in [0.1, 0.15) is 12.1 Å². The Morgan fingerprint density at radius 3 is 2.48 bits per heavy atom. The molecule has 0 radical (unpaired) electrons. The molecule has 0 unspecified atom stereocenters. The number of anilines is 1. The first-order valence-corrected chi connectivity index (χ1v) is 10.8. The van der Waals surface area contributed by atoms with Gasteiger partial charge in [-0.05, 0) is 57.6 Å². The topological polar surface area (TPSA) is 105 Å². The van der Waals surface area contributed by atoms with Gasteiger partial charge in [-0.2, -0.15) is 0 Å². The molecule has 1 saturated carbocycles. The molecule has 0 aromatic heterocycles. The molecule has 8 heteroatoms. The number of amides is 4. The fourth-order valence-corrected chi connectivity index (χ4v) is 4.66. The Morgan fingerprint density at radius 1 is 1.23 bits per heavy atom. The Labute approximate surface area is 182 Å². The first kappa shape index (κ1) is 22.8. The maximum Gasteiger partial charge on any atom is 0.327 e.